The fraction of sp³-hybridized carbons (Fsp3) is 0.333. The van der Waals surface area contributed by atoms with Gasteiger partial charge in [0.2, 0.25) is 0 Å². The van der Waals surface area contributed by atoms with Crippen LogP contribution in [0.25, 0.3) is 0 Å². The Kier molecular flexibility index (Phi) is 3.97. The molecule has 0 saturated heterocycles. The van der Waals surface area contributed by atoms with Crippen LogP contribution in [-0.2, 0) is 17.4 Å². The van der Waals surface area contributed by atoms with Crippen molar-refractivity contribution in [2.24, 2.45) is 0 Å². The van der Waals surface area contributed by atoms with Crippen molar-refractivity contribution in [2.75, 3.05) is 12.8 Å². The molecular formula is C9H13NOS. The number of nitrogens with one attached hydrogen (secondary N) is 1. The molecule has 0 spiro atoms. The monoisotopic (exact) mass is 183 g/mol. The summed E-state index contributed by atoms with van der Waals surface area (Å²) in [6.07, 6.45) is 2.57. The third kappa shape index (κ3) is 3.64. The maximum atomic E-state index is 10.6. The van der Waals surface area contributed by atoms with Gasteiger partial charge in [-0.1, -0.05) is 30.3 Å². The molecule has 2 nitrogen and oxygen atoms in total. The molecule has 1 rings (SSSR count). The van der Waals surface area contributed by atoms with E-state index >= 15 is 0 Å². The molecule has 0 bridgehead atoms. The number of hydrogen-bond acceptors (Lipinski definition) is 1. The van der Waals surface area contributed by atoms with Crippen molar-refractivity contribution in [2.45, 2.75) is 6.42 Å². The fourth-order valence-corrected chi connectivity index (χ4v) is 1.37. The first-order chi connectivity index (χ1) is 5.79. The highest BCUT2D eigenvalue weighted by molar-refractivity contribution is 7.82. The van der Waals surface area contributed by atoms with E-state index in [2.05, 4.69) is 16.9 Å². The van der Waals surface area contributed by atoms with Crippen molar-refractivity contribution in [3.8, 4) is 0 Å². The first-order valence-electron chi connectivity index (χ1n) is 3.90. The highest BCUT2D eigenvalue weighted by Gasteiger charge is 1.91. The van der Waals surface area contributed by atoms with E-state index in [1.807, 2.05) is 18.2 Å². The lowest BCUT2D eigenvalue weighted by atomic mass is 10.2. The second-order valence-corrected chi connectivity index (χ2v) is 3.78. The summed E-state index contributed by atoms with van der Waals surface area (Å²) in [5.74, 6) is 0. The Hall–Kier alpha value is -0.670. The molecule has 1 unspecified atom stereocenters. The van der Waals surface area contributed by atoms with E-state index in [9.17, 15) is 4.21 Å². The summed E-state index contributed by atoms with van der Waals surface area (Å²) in [6, 6.07) is 10.2. The van der Waals surface area contributed by atoms with E-state index in [0.29, 0.717) is 0 Å². The van der Waals surface area contributed by atoms with Crippen molar-refractivity contribution in [3.63, 3.8) is 0 Å². The zero-order valence-corrected chi connectivity index (χ0v) is 7.93. The molecule has 0 aliphatic heterocycles. The van der Waals surface area contributed by atoms with Crippen molar-refractivity contribution in [3.05, 3.63) is 35.9 Å². The van der Waals surface area contributed by atoms with Crippen LogP contribution in [0, 0.1) is 0 Å². The zero-order chi connectivity index (χ0) is 8.81. The Morgan fingerprint density at radius 1 is 1.33 bits per heavy atom. The van der Waals surface area contributed by atoms with Crippen LogP contribution < -0.4 is 4.72 Å². The topological polar surface area (TPSA) is 29.1 Å². The summed E-state index contributed by atoms with van der Waals surface area (Å²) in [5, 5.41) is 0. The molecule has 0 aliphatic rings. The molecule has 66 valence electrons. The minimum absolute atomic E-state index is 0.771. The van der Waals surface area contributed by atoms with Gasteiger partial charge in [-0.25, -0.2) is 8.93 Å². The summed E-state index contributed by atoms with van der Waals surface area (Å²) in [7, 11) is -0.889. The molecule has 0 radical (unpaired) electrons. The number of benzene rings is 1. The third-order valence-corrected chi connectivity index (χ3v) is 2.17. The van der Waals surface area contributed by atoms with Crippen LogP contribution in [0.2, 0.25) is 0 Å². The first-order valence-corrected chi connectivity index (χ1v) is 5.45. The fourth-order valence-electron chi connectivity index (χ4n) is 0.984. The summed E-state index contributed by atoms with van der Waals surface area (Å²) < 4.78 is 13.5. The average Bonchev–Trinajstić information content (AvgIpc) is 2.05. The van der Waals surface area contributed by atoms with Gasteiger partial charge in [0, 0.05) is 12.8 Å². The molecule has 1 aromatic rings. The van der Waals surface area contributed by atoms with Gasteiger partial charge in [-0.15, -0.1) is 0 Å². The molecule has 1 aromatic carbocycles. The van der Waals surface area contributed by atoms with Crippen LogP contribution in [0.15, 0.2) is 30.3 Å². The van der Waals surface area contributed by atoms with Crippen molar-refractivity contribution in [1.82, 2.24) is 4.72 Å². The average molecular weight is 183 g/mol. The molecule has 1 N–H and O–H groups in total. The Balaban J connectivity index is 2.29. The van der Waals surface area contributed by atoms with Crippen molar-refractivity contribution >= 4 is 11.0 Å². The lowest BCUT2D eigenvalue weighted by Crippen LogP contribution is -2.18. The second-order valence-electron chi connectivity index (χ2n) is 2.58. The van der Waals surface area contributed by atoms with E-state index in [1.165, 1.54) is 5.56 Å². The van der Waals surface area contributed by atoms with Gasteiger partial charge in [0.1, 0.15) is 0 Å². The summed E-state index contributed by atoms with van der Waals surface area (Å²) in [6.45, 7) is 0.771. The smallest absolute Gasteiger partial charge is 0.0883 e. The molecule has 3 heteroatoms. The van der Waals surface area contributed by atoms with Gasteiger partial charge in [0.05, 0.1) is 11.0 Å². The van der Waals surface area contributed by atoms with Crippen molar-refractivity contribution in [1.29, 1.82) is 0 Å². The largest absolute Gasteiger partial charge is 0.243 e. The zero-order valence-electron chi connectivity index (χ0n) is 7.12. The Bertz CT molecular complexity index is 248. The Morgan fingerprint density at radius 3 is 2.58 bits per heavy atom. The Morgan fingerprint density at radius 2 is 2.00 bits per heavy atom. The third-order valence-electron chi connectivity index (χ3n) is 1.56. The quantitative estimate of drug-likeness (QED) is 0.744. The highest BCUT2D eigenvalue weighted by atomic mass is 32.2. The molecule has 0 aromatic heterocycles. The predicted octanol–water partition coefficient (Wildman–Crippen LogP) is 1.11. The van der Waals surface area contributed by atoms with Gasteiger partial charge in [0.15, 0.2) is 0 Å². The van der Waals surface area contributed by atoms with E-state index in [1.54, 1.807) is 6.26 Å². The van der Waals surface area contributed by atoms with Crippen LogP contribution in [0.3, 0.4) is 0 Å². The van der Waals surface area contributed by atoms with Crippen LogP contribution in [0.4, 0.5) is 0 Å². The van der Waals surface area contributed by atoms with Gasteiger partial charge in [0.25, 0.3) is 0 Å². The lowest BCUT2D eigenvalue weighted by Gasteiger charge is -2.00. The van der Waals surface area contributed by atoms with Crippen LogP contribution in [0.1, 0.15) is 5.56 Å². The first kappa shape index (κ1) is 9.42. The van der Waals surface area contributed by atoms with E-state index < -0.39 is 11.0 Å². The summed E-state index contributed by atoms with van der Waals surface area (Å²) in [4.78, 5) is 0. The predicted molar refractivity (Wildman–Crippen MR) is 52.2 cm³/mol. The number of hydrogen-bond donors (Lipinski definition) is 1. The standard InChI is InChI=1S/C9H13NOS/c1-12(11)10-8-7-9-5-3-2-4-6-9/h2-6,10H,7-8H2,1H3. The molecule has 12 heavy (non-hydrogen) atoms. The van der Waals surface area contributed by atoms with E-state index in [0.717, 1.165) is 13.0 Å². The molecule has 0 saturated carbocycles. The van der Waals surface area contributed by atoms with E-state index in [-0.39, 0.29) is 0 Å². The number of rotatable bonds is 4. The van der Waals surface area contributed by atoms with Gasteiger partial charge in [-0.3, -0.25) is 0 Å². The molecule has 0 fully saturated rings. The minimum Gasteiger partial charge on any atom is -0.243 e. The molecular weight excluding hydrogens is 170 g/mol. The molecule has 0 heterocycles. The maximum Gasteiger partial charge on any atom is 0.0883 e. The highest BCUT2D eigenvalue weighted by Crippen LogP contribution is 1.97. The van der Waals surface area contributed by atoms with Gasteiger partial charge in [-0.2, -0.15) is 0 Å². The summed E-state index contributed by atoms with van der Waals surface area (Å²) >= 11 is 0. The normalized spacial score (nSPS) is 12.8. The van der Waals surface area contributed by atoms with Gasteiger partial charge in [-0.05, 0) is 12.0 Å². The lowest BCUT2D eigenvalue weighted by molar-refractivity contribution is 0.676. The van der Waals surface area contributed by atoms with Crippen LogP contribution in [0.5, 0.6) is 0 Å². The van der Waals surface area contributed by atoms with Gasteiger partial charge >= 0.3 is 0 Å². The van der Waals surface area contributed by atoms with Crippen LogP contribution >= 0.6 is 0 Å². The second kappa shape index (κ2) is 5.06. The summed E-state index contributed by atoms with van der Waals surface area (Å²) in [5.41, 5.74) is 1.27. The minimum atomic E-state index is -0.889. The molecule has 0 amide bonds. The maximum absolute atomic E-state index is 10.6. The molecule has 1 atom stereocenters. The SMILES string of the molecule is CS(=O)NCCc1ccccc1. The van der Waals surface area contributed by atoms with Crippen LogP contribution in [-0.4, -0.2) is 17.0 Å². The van der Waals surface area contributed by atoms with E-state index in [4.69, 9.17) is 0 Å². The van der Waals surface area contributed by atoms with Crippen molar-refractivity contribution < 1.29 is 4.21 Å². The Labute approximate surface area is 75.6 Å². The molecule has 0 aliphatic carbocycles. The van der Waals surface area contributed by atoms with Gasteiger partial charge < -0.3 is 0 Å².